The third kappa shape index (κ3) is 5.18. The summed E-state index contributed by atoms with van der Waals surface area (Å²) < 4.78 is 6.76. The van der Waals surface area contributed by atoms with Gasteiger partial charge in [-0.15, -0.1) is 0 Å². The van der Waals surface area contributed by atoms with E-state index in [1.165, 1.54) is 4.68 Å². The van der Waals surface area contributed by atoms with E-state index in [4.69, 9.17) is 4.74 Å². The summed E-state index contributed by atoms with van der Waals surface area (Å²) in [5.74, 6) is 0.0335. The number of nitrogens with zero attached hydrogens (tertiary/aromatic N) is 3. The molecule has 0 aliphatic heterocycles. The fourth-order valence-corrected chi connectivity index (χ4v) is 5.00. The van der Waals surface area contributed by atoms with Gasteiger partial charge in [-0.3, -0.25) is 4.79 Å². The number of amides is 1. The maximum atomic E-state index is 13.4. The van der Waals surface area contributed by atoms with E-state index >= 15 is 0 Å². The van der Waals surface area contributed by atoms with Gasteiger partial charge in [0, 0.05) is 24.3 Å². The summed E-state index contributed by atoms with van der Waals surface area (Å²) in [5.41, 5.74) is 5.84. The van der Waals surface area contributed by atoms with Gasteiger partial charge in [0.05, 0.1) is 5.69 Å². The number of benzene rings is 2. The summed E-state index contributed by atoms with van der Waals surface area (Å²) in [5, 5.41) is 4.48. The molecule has 1 atom stereocenters. The normalized spacial score (nSPS) is 16.7. The molecule has 0 saturated carbocycles. The average molecular weight is 482 g/mol. The maximum Gasteiger partial charge on any atom is 0.435 e. The molecule has 0 bridgehead atoms. The Bertz CT molecular complexity index is 1290. The van der Waals surface area contributed by atoms with Gasteiger partial charge in [0.15, 0.2) is 0 Å². The molecule has 1 heterocycles. The van der Waals surface area contributed by atoms with Crippen molar-refractivity contribution in [2.75, 3.05) is 13.2 Å². The van der Waals surface area contributed by atoms with Crippen molar-refractivity contribution in [2.24, 2.45) is 0 Å². The largest absolute Gasteiger partial charge is 0.443 e. The minimum Gasteiger partial charge on any atom is -0.443 e. The van der Waals surface area contributed by atoms with Gasteiger partial charge in [-0.25, -0.2) is 4.79 Å². The van der Waals surface area contributed by atoms with Crippen LogP contribution in [0.25, 0.3) is 11.1 Å². The standard InChI is InChI=1S/C30H31N3O3/c1-2-32(29(34)25-15-13-24(14-16-25)23-11-7-4-8-12-23)27-17-18-28-26(19-27)20-33(31-28)30(35)36-21-22-9-5-3-6-10-22/h4-5,7-16,20,27H,2-3,6,17-19,21H2,1H3. The van der Waals surface area contributed by atoms with E-state index < -0.39 is 6.09 Å². The van der Waals surface area contributed by atoms with Crippen molar-refractivity contribution in [3.8, 4) is 11.1 Å². The first-order chi connectivity index (χ1) is 17.6. The predicted octanol–water partition coefficient (Wildman–Crippen LogP) is 5.83. The summed E-state index contributed by atoms with van der Waals surface area (Å²) in [7, 11) is 0. The predicted molar refractivity (Wildman–Crippen MR) is 140 cm³/mol. The highest BCUT2D eigenvalue weighted by atomic mass is 16.6. The van der Waals surface area contributed by atoms with Gasteiger partial charge in [0.2, 0.25) is 0 Å². The van der Waals surface area contributed by atoms with E-state index in [0.29, 0.717) is 18.5 Å². The SMILES string of the molecule is CCN(C(=O)c1ccc(-c2ccccc2)cc1)C1CCc2nn(C(=O)OCC3=CCCC=C3)cc2C1. The molecule has 2 aliphatic rings. The van der Waals surface area contributed by atoms with Gasteiger partial charge < -0.3 is 9.64 Å². The monoisotopic (exact) mass is 481 g/mol. The number of aromatic nitrogens is 2. The van der Waals surface area contributed by atoms with Crippen molar-refractivity contribution >= 4 is 12.0 Å². The summed E-state index contributed by atoms with van der Waals surface area (Å²) in [4.78, 5) is 27.9. The number of fused-ring (bicyclic) bond motifs is 1. The van der Waals surface area contributed by atoms with Gasteiger partial charge in [-0.1, -0.05) is 60.7 Å². The first-order valence-electron chi connectivity index (χ1n) is 12.7. The lowest BCUT2D eigenvalue weighted by Gasteiger charge is -2.33. The molecule has 1 aromatic heterocycles. The number of hydrogen-bond acceptors (Lipinski definition) is 4. The quantitative estimate of drug-likeness (QED) is 0.444. The van der Waals surface area contributed by atoms with Gasteiger partial charge in [-0.05, 0) is 73.4 Å². The van der Waals surface area contributed by atoms with E-state index in [2.05, 4.69) is 29.4 Å². The molecule has 6 heteroatoms. The fourth-order valence-electron chi connectivity index (χ4n) is 5.00. The van der Waals surface area contributed by atoms with Crippen molar-refractivity contribution in [1.82, 2.24) is 14.7 Å². The van der Waals surface area contributed by atoms with E-state index in [1.54, 1.807) is 6.20 Å². The molecule has 3 aromatic rings. The maximum absolute atomic E-state index is 13.4. The number of likely N-dealkylation sites (N-methyl/N-ethyl adjacent to an activating group) is 1. The summed E-state index contributed by atoms with van der Waals surface area (Å²) in [6.45, 7) is 2.89. The summed E-state index contributed by atoms with van der Waals surface area (Å²) in [6, 6.07) is 18.0. The molecule has 0 radical (unpaired) electrons. The van der Waals surface area contributed by atoms with Crippen LogP contribution in [0, 0.1) is 0 Å². The number of ether oxygens (including phenoxy) is 1. The zero-order valence-electron chi connectivity index (χ0n) is 20.6. The highest BCUT2D eigenvalue weighted by molar-refractivity contribution is 5.95. The Hall–Kier alpha value is -3.93. The molecule has 6 nitrogen and oxygen atoms in total. The summed E-state index contributed by atoms with van der Waals surface area (Å²) in [6.07, 6.45) is 11.7. The smallest absolute Gasteiger partial charge is 0.435 e. The minimum atomic E-state index is -0.470. The highest BCUT2D eigenvalue weighted by Gasteiger charge is 2.30. The third-order valence-electron chi connectivity index (χ3n) is 6.95. The average Bonchev–Trinajstić information content (AvgIpc) is 3.37. The number of carbonyl (C=O) groups is 2. The molecule has 1 unspecified atom stereocenters. The Labute approximate surface area is 211 Å². The number of allylic oxidation sites excluding steroid dienone is 2. The molecule has 184 valence electrons. The number of carbonyl (C=O) groups excluding carboxylic acids is 2. The van der Waals surface area contributed by atoms with Crippen molar-refractivity contribution in [3.05, 3.63) is 101 Å². The Morgan fingerprint density at radius 1 is 1.06 bits per heavy atom. The van der Waals surface area contributed by atoms with Crippen LogP contribution in [0.4, 0.5) is 4.79 Å². The molecule has 0 saturated heterocycles. The van der Waals surface area contributed by atoms with Crippen LogP contribution in [-0.2, 0) is 17.6 Å². The van der Waals surface area contributed by atoms with Crippen LogP contribution in [-0.4, -0.2) is 45.9 Å². The van der Waals surface area contributed by atoms with Crippen LogP contribution < -0.4 is 0 Å². The van der Waals surface area contributed by atoms with Crippen LogP contribution in [0.1, 0.15) is 47.8 Å². The van der Waals surface area contributed by atoms with Gasteiger partial charge >= 0.3 is 6.09 Å². The van der Waals surface area contributed by atoms with Crippen molar-refractivity contribution in [1.29, 1.82) is 0 Å². The molecule has 0 fully saturated rings. The molecule has 0 spiro atoms. The Morgan fingerprint density at radius 2 is 1.83 bits per heavy atom. The van der Waals surface area contributed by atoms with Crippen LogP contribution in [0.15, 0.2) is 84.6 Å². The van der Waals surface area contributed by atoms with E-state index in [9.17, 15) is 9.59 Å². The first-order valence-corrected chi connectivity index (χ1v) is 12.7. The van der Waals surface area contributed by atoms with E-state index in [-0.39, 0.29) is 18.6 Å². The summed E-state index contributed by atoms with van der Waals surface area (Å²) >= 11 is 0. The molecule has 36 heavy (non-hydrogen) atoms. The van der Waals surface area contributed by atoms with E-state index in [0.717, 1.165) is 53.6 Å². The van der Waals surface area contributed by atoms with Gasteiger partial charge in [0.1, 0.15) is 6.61 Å². The number of rotatable bonds is 6. The number of hydrogen-bond donors (Lipinski definition) is 0. The second-order valence-electron chi connectivity index (χ2n) is 9.29. The minimum absolute atomic E-state index is 0.0335. The van der Waals surface area contributed by atoms with Crippen molar-refractivity contribution in [3.63, 3.8) is 0 Å². The second kappa shape index (κ2) is 10.8. The Kier molecular flexibility index (Phi) is 7.12. The molecule has 5 rings (SSSR count). The van der Waals surface area contributed by atoms with Crippen LogP contribution in [0.2, 0.25) is 0 Å². The van der Waals surface area contributed by atoms with Crippen LogP contribution in [0.5, 0.6) is 0 Å². The van der Waals surface area contributed by atoms with Crippen molar-refractivity contribution < 1.29 is 14.3 Å². The van der Waals surface area contributed by atoms with E-state index in [1.807, 2.05) is 60.4 Å². The van der Waals surface area contributed by atoms with Gasteiger partial charge in [-0.2, -0.15) is 9.78 Å². The molecule has 2 aliphatic carbocycles. The molecule has 0 N–H and O–H groups in total. The second-order valence-corrected chi connectivity index (χ2v) is 9.29. The zero-order chi connectivity index (χ0) is 24.9. The molecule has 2 aromatic carbocycles. The Morgan fingerprint density at radius 3 is 2.56 bits per heavy atom. The topological polar surface area (TPSA) is 64.4 Å². The van der Waals surface area contributed by atoms with Crippen LogP contribution in [0.3, 0.4) is 0 Å². The lowest BCUT2D eigenvalue weighted by molar-refractivity contribution is 0.0674. The number of aryl methyl sites for hydroxylation is 1. The lowest BCUT2D eigenvalue weighted by Crippen LogP contribution is -2.43. The Balaban J connectivity index is 1.24. The lowest BCUT2D eigenvalue weighted by atomic mass is 9.92. The zero-order valence-corrected chi connectivity index (χ0v) is 20.6. The first kappa shape index (κ1) is 23.8. The van der Waals surface area contributed by atoms with Gasteiger partial charge in [0.25, 0.3) is 5.91 Å². The third-order valence-corrected chi connectivity index (χ3v) is 6.95. The molecule has 1 amide bonds. The highest BCUT2D eigenvalue weighted by Crippen LogP contribution is 2.26. The fraction of sp³-hybridized carbons (Fsp3) is 0.300. The van der Waals surface area contributed by atoms with Crippen molar-refractivity contribution in [2.45, 2.75) is 45.1 Å². The van der Waals surface area contributed by atoms with Crippen LogP contribution >= 0.6 is 0 Å². The molecular formula is C30H31N3O3. The molecular weight excluding hydrogens is 450 g/mol.